The molecule has 0 atom stereocenters. The Morgan fingerprint density at radius 3 is 2.20 bits per heavy atom. The van der Waals surface area contributed by atoms with E-state index in [9.17, 15) is 9.18 Å². The first-order valence-electron chi connectivity index (χ1n) is 6.68. The molecule has 0 N–H and O–H groups in total. The number of benzene rings is 2. The van der Waals surface area contributed by atoms with Crippen molar-refractivity contribution in [3.05, 3.63) is 69.5 Å². The van der Waals surface area contributed by atoms with Crippen molar-refractivity contribution in [2.75, 3.05) is 0 Å². The van der Waals surface area contributed by atoms with Crippen molar-refractivity contribution in [3.63, 3.8) is 0 Å². The van der Waals surface area contributed by atoms with Crippen LogP contribution < -0.4 is 0 Å². The quantitative estimate of drug-likeness (QED) is 0.737. The van der Waals surface area contributed by atoms with Crippen molar-refractivity contribution in [3.8, 4) is 0 Å². The number of halogens is 2. The smallest absolute Gasteiger partial charge is 0.193 e. The van der Waals surface area contributed by atoms with Crippen molar-refractivity contribution in [1.29, 1.82) is 0 Å². The van der Waals surface area contributed by atoms with E-state index in [0.717, 1.165) is 18.4 Å². The molecular weight excluding hydrogens is 275 g/mol. The number of carbonyl (C=O) groups excluding carboxylic acids is 1. The van der Waals surface area contributed by atoms with Crippen LogP contribution >= 0.6 is 11.6 Å². The van der Waals surface area contributed by atoms with E-state index in [1.165, 1.54) is 17.7 Å². The lowest BCUT2D eigenvalue weighted by molar-refractivity contribution is 0.103. The van der Waals surface area contributed by atoms with Gasteiger partial charge >= 0.3 is 0 Å². The minimum Gasteiger partial charge on any atom is -0.289 e. The summed E-state index contributed by atoms with van der Waals surface area (Å²) in [5.74, 6) is -0.753. The standard InChI is InChI=1S/C17H16ClFO/c1-3-11-5-6-13(9-12(11)4-2)17(20)14-7-8-15(18)16(19)10-14/h5-10H,3-4H2,1-2H3. The molecule has 1 nitrogen and oxygen atoms in total. The largest absolute Gasteiger partial charge is 0.289 e. The van der Waals surface area contributed by atoms with Crippen LogP contribution in [-0.2, 0) is 12.8 Å². The molecule has 0 unspecified atom stereocenters. The molecule has 0 radical (unpaired) electrons. The van der Waals surface area contributed by atoms with E-state index in [2.05, 4.69) is 13.8 Å². The minimum absolute atomic E-state index is 0.0251. The molecule has 0 heterocycles. The molecule has 0 bridgehead atoms. The molecule has 104 valence electrons. The second-order valence-electron chi connectivity index (χ2n) is 4.65. The maximum Gasteiger partial charge on any atom is 0.193 e. The Labute approximate surface area is 123 Å². The van der Waals surface area contributed by atoms with Crippen LogP contribution in [0.4, 0.5) is 4.39 Å². The first kappa shape index (κ1) is 14.7. The van der Waals surface area contributed by atoms with Gasteiger partial charge < -0.3 is 0 Å². The third-order valence-electron chi connectivity index (χ3n) is 3.41. The van der Waals surface area contributed by atoms with Crippen LogP contribution in [0.2, 0.25) is 5.02 Å². The normalized spacial score (nSPS) is 10.6. The van der Waals surface area contributed by atoms with E-state index in [4.69, 9.17) is 11.6 Å². The van der Waals surface area contributed by atoms with Crippen molar-refractivity contribution >= 4 is 17.4 Å². The topological polar surface area (TPSA) is 17.1 Å². The third-order valence-corrected chi connectivity index (χ3v) is 3.72. The highest BCUT2D eigenvalue weighted by atomic mass is 35.5. The van der Waals surface area contributed by atoms with Crippen LogP contribution in [0.1, 0.15) is 40.9 Å². The van der Waals surface area contributed by atoms with E-state index in [1.54, 1.807) is 12.1 Å². The van der Waals surface area contributed by atoms with E-state index in [1.807, 2.05) is 12.1 Å². The van der Waals surface area contributed by atoms with E-state index in [-0.39, 0.29) is 10.8 Å². The van der Waals surface area contributed by atoms with Gasteiger partial charge in [-0.05, 0) is 48.2 Å². The van der Waals surface area contributed by atoms with E-state index >= 15 is 0 Å². The van der Waals surface area contributed by atoms with Crippen LogP contribution in [0.3, 0.4) is 0 Å². The average Bonchev–Trinajstić information content (AvgIpc) is 2.48. The maximum atomic E-state index is 13.4. The lowest BCUT2D eigenvalue weighted by Crippen LogP contribution is -2.04. The number of carbonyl (C=O) groups is 1. The molecule has 0 aliphatic carbocycles. The van der Waals surface area contributed by atoms with Crippen molar-refractivity contribution in [2.45, 2.75) is 26.7 Å². The molecule has 0 aliphatic rings. The lowest BCUT2D eigenvalue weighted by atomic mass is 9.96. The summed E-state index contributed by atoms with van der Waals surface area (Å²) in [5.41, 5.74) is 3.30. The van der Waals surface area contributed by atoms with Crippen LogP contribution in [0, 0.1) is 5.82 Å². The summed E-state index contributed by atoms with van der Waals surface area (Å²) in [6.07, 6.45) is 1.81. The first-order valence-corrected chi connectivity index (χ1v) is 7.06. The Balaban J connectivity index is 2.40. The molecule has 0 aliphatic heterocycles. The highest BCUT2D eigenvalue weighted by Gasteiger charge is 2.13. The molecule has 2 aromatic rings. The number of aryl methyl sites for hydroxylation is 2. The molecule has 0 fully saturated rings. The fourth-order valence-electron chi connectivity index (χ4n) is 2.25. The first-order chi connectivity index (χ1) is 9.56. The Hall–Kier alpha value is -1.67. The van der Waals surface area contributed by atoms with Gasteiger partial charge in [-0.15, -0.1) is 0 Å². The Bertz CT molecular complexity index is 649. The van der Waals surface area contributed by atoms with Crippen molar-refractivity contribution in [1.82, 2.24) is 0 Å². The summed E-state index contributed by atoms with van der Waals surface area (Å²) in [5, 5.41) is 0.0251. The highest BCUT2D eigenvalue weighted by Crippen LogP contribution is 2.20. The number of ketones is 1. The third kappa shape index (κ3) is 2.91. The van der Waals surface area contributed by atoms with Gasteiger partial charge in [-0.3, -0.25) is 4.79 Å². The van der Waals surface area contributed by atoms with Gasteiger partial charge in [-0.2, -0.15) is 0 Å². The molecule has 0 spiro atoms. The van der Waals surface area contributed by atoms with Gasteiger partial charge in [0, 0.05) is 11.1 Å². The molecule has 0 aromatic heterocycles. The SMILES string of the molecule is CCc1ccc(C(=O)c2ccc(Cl)c(F)c2)cc1CC. The van der Waals surface area contributed by atoms with Crippen molar-refractivity contribution < 1.29 is 9.18 Å². The summed E-state index contributed by atoms with van der Waals surface area (Å²) in [4.78, 5) is 12.4. The van der Waals surface area contributed by atoms with Gasteiger partial charge in [-0.25, -0.2) is 4.39 Å². The van der Waals surface area contributed by atoms with Crippen LogP contribution in [0.5, 0.6) is 0 Å². The molecule has 3 heteroatoms. The lowest BCUT2D eigenvalue weighted by Gasteiger charge is -2.09. The zero-order valence-electron chi connectivity index (χ0n) is 11.5. The molecule has 0 saturated carbocycles. The second-order valence-corrected chi connectivity index (χ2v) is 5.06. The zero-order valence-corrected chi connectivity index (χ0v) is 12.3. The highest BCUT2D eigenvalue weighted by molar-refractivity contribution is 6.30. The number of hydrogen-bond donors (Lipinski definition) is 0. The van der Waals surface area contributed by atoms with Gasteiger partial charge in [0.1, 0.15) is 5.82 Å². The fourth-order valence-corrected chi connectivity index (χ4v) is 2.36. The summed E-state index contributed by atoms with van der Waals surface area (Å²) >= 11 is 5.63. The van der Waals surface area contributed by atoms with Crippen molar-refractivity contribution in [2.24, 2.45) is 0 Å². The molecular formula is C17H16ClFO. The fraction of sp³-hybridized carbons (Fsp3) is 0.235. The maximum absolute atomic E-state index is 13.4. The van der Waals surface area contributed by atoms with Gasteiger partial charge in [-0.1, -0.05) is 37.6 Å². The molecule has 2 rings (SSSR count). The zero-order chi connectivity index (χ0) is 14.7. The van der Waals surface area contributed by atoms with Crippen LogP contribution in [-0.4, -0.2) is 5.78 Å². The Kier molecular flexibility index (Phi) is 4.56. The molecule has 0 amide bonds. The molecule has 0 saturated heterocycles. The predicted molar refractivity (Wildman–Crippen MR) is 80.0 cm³/mol. The van der Waals surface area contributed by atoms with E-state index < -0.39 is 5.82 Å². The molecule has 20 heavy (non-hydrogen) atoms. The summed E-state index contributed by atoms with van der Waals surface area (Å²) in [6.45, 7) is 4.15. The number of hydrogen-bond acceptors (Lipinski definition) is 1. The van der Waals surface area contributed by atoms with Crippen LogP contribution in [0.15, 0.2) is 36.4 Å². The summed E-state index contributed by atoms with van der Waals surface area (Å²) < 4.78 is 13.4. The molecule has 2 aromatic carbocycles. The van der Waals surface area contributed by atoms with E-state index in [0.29, 0.717) is 11.1 Å². The monoisotopic (exact) mass is 290 g/mol. The summed E-state index contributed by atoms with van der Waals surface area (Å²) in [6, 6.07) is 9.81. The van der Waals surface area contributed by atoms with Gasteiger partial charge in [0.05, 0.1) is 5.02 Å². The summed E-state index contributed by atoms with van der Waals surface area (Å²) in [7, 11) is 0. The minimum atomic E-state index is -0.571. The predicted octanol–water partition coefficient (Wildman–Crippen LogP) is 4.83. The van der Waals surface area contributed by atoms with Gasteiger partial charge in [0.25, 0.3) is 0 Å². The Morgan fingerprint density at radius 2 is 1.60 bits per heavy atom. The van der Waals surface area contributed by atoms with Gasteiger partial charge in [0.2, 0.25) is 0 Å². The van der Waals surface area contributed by atoms with Crippen LogP contribution in [0.25, 0.3) is 0 Å². The Morgan fingerprint density at radius 1 is 1.00 bits per heavy atom. The average molecular weight is 291 g/mol. The van der Waals surface area contributed by atoms with Gasteiger partial charge in [0.15, 0.2) is 5.78 Å². The second kappa shape index (κ2) is 6.19. The number of rotatable bonds is 4.